The van der Waals surface area contributed by atoms with E-state index in [1.54, 1.807) is 24.3 Å². The van der Waals surface area contributed by atoms with Crippen LogP contribution in [0.15, 0.2) is 59.8 Å². The monoisotopic (exact) mass is 237 g/mol. The molecular formula is C15H11NO2. The van der Waals surface area contributed by atoms with Gasteiger partial charge >= 0.3 is 5.97 Å². The molecule has 0 N–H and O–H groups in total. The van der Waals surface area contributed by atoms with E-state index in [9.17, 15) is 4.79 Å². The number of rotatable bonds is 2. The zero-order valence-corrected chi connectivity index (χ0v) is 9.67. The largest absolute Gasteiger partial charge is 0.365 e. The molecule has 2 aromatic carbocycles. The van der Waals surface area contributed by atoms with Gasteiger partial charge in [-0.05, 0) is 17.7 Å². The van der Waals surface area contributed by atoms with Crippen LogP contribution in [0.4, 0.5) is 0 Å². The molecule has 0 spiro atoms. The maximum absolute atomic E-state index is 11.7. The van der Waals surface area contributed by atoms with Crippen LogP contribution in [0.25, 0.3) is 0 Å². The highest BCUT2D eigenvalue weighted by Crippen LogP contribution is 2.23. The lowest BCUT2D eigenvalue weighted by Gasteiger charge is -2.19. The molecule has 3 heteroatoms. The maximum atomic E-state index is 11.7. The fraction of sp³-hybridized carbons (Fsp3) is 0.0667. The fourth-order valence-electron chi connectivity index (χ4n) is 1.93. The minimum Gasteiger partial charge on any atom is -0.313 e. The van der Waals surface area contributed by atoms with Gasteiger partial charge in [-0.15, -0.1) is 0 Å². The van der Waals surface area contributed by atoms with Gasteiger partial charge in [0.2, 0.25) is 0 Å². The van der Waals surface area contributed by atoms with Gasteiger partial charge in [0.1, 0.15) is 0 Å². The molecule has 0 aromatic heterocycles. The molecule has 0 saturated carbocycles. The highest BCUT2D eigenvalue weighted by molar-refractivity contribution is 6.10. The lowest BCUT2D eigenvalue weighted by molar-refractivity contribution is 0.0515. The van der Waals surface area contributed by atoms with E-state index in [1.807, 2.05) is 30.3 Å². The molecule has 0 bridgehead atoms. The second-order valence-corrected chi connectivity index (χ2v) is 4.12. The van der Waals surface area contributed by atoms with Gasteiger partial charge in [0.25, 0.3) is 0 Å². The number of fused-ring (bicyclic) bond motifs is 1. The van der Waals surface area contributed by atoms with Crippen molar-refractivity contribution in [3.63, 3.8) is 0 Å². The predicted octanol–water partition coefficient (Wildman–Crippen LogP) is 2.80. The molecule has 0 heterocycles. The summed E-state index contributed by atoms with van der Waals surface area (Å²) in [6, 6.07) is 16.8. The molecule has 0 saturated heterocycles. The third-order valence-electron chi connectivity index (χ3n) is 2.93. The first-order valence-electron chi connectivity index (χ1n) is 5.76. The Labute approximate surface area is 105 Å². The summed E-state index contributed by atoms with van der Waals surface area (Å²) in [5.74, 6) is -0.424. The van der Waals surface area contributed by atoms with E-state index in [0.29, 0.717) is 5.56 Å². The van der Waals surface area contributed by atoms with Crippen LogP contribution >= 0.6 is 0 Å². The molecule has 0 unspecified atom stereocenters. The van der Waals surface area contributed by atoms with Crippen LogP contribution in [-0.4, -0.2) is 11.7 Å². The van der Waals surface area contributed by atoms with Crippen molar-refractivity contribution in [3.8, 4) is 0 Å². The summed E-state index contributed by atoms with van der Waals surface area (Å²) >= 11 is 0. The molecule has 88 valence electrons. The number of nitrogens with zero attached hydrogens (tertiary/aromatic N) is 1. The smallest absolute Gasteiger partial charge is 0.313 e. The van der Waals surface area contributed by atoms with Gasteiger partial charge in [0.15, 0.2) is 0 Å². The Hall–Kier alpha value is -2.42. The zero-order valence-electron chi connectivity index (χ0n) is 9.67. The van der Waals surface area contributed by atoms with Crippen molar-refractivity contribution in [3.05, 3.63) is 71.3 Å². The van der Waals surface area contributed by atoms with Gasteiger partial charge in [0, 0.05) is 12.0 Å². The number of oxime groups is 1. The van der Waals surface area contributed by atoms with Crippen LogP contribution in [0, 0.1) is 0 Å². The van der Waals surface area contributed by atoms with Gasteiger partial charge < -0.3 is 4.84 Å². The first-order valence-corrected chi connectivity index (χ1v) is 5.76. The highest BCUT2D eigenvalue weighted by Gasteiger charge is 2.21. The molecule has 18 heavy (non-hydrogen) atoms. The van der Waals surface area contributed by atoms with Crippen LogP contribution < -0.4 is 0 Å². The topological polar surface area (TPSA) is 38.7 Å². The Kier molecular flexibility index (Phi) is 2.65. The summed E-state index contributed by atoms with van der Waals surface area (Å²) in [4.78, 5) is 16.6. The summed E-state index contributed by atoms with van der Waals surface area (Å²) in [5, 5.41) is 3.91. The van der Waals surface area contributed by atoms with E-state index in [0.717, 1.165) is 17.7 Å². The SMILES string of the molecule is O=C(O/N=C1\Cc2ccccc21)c1ccccc1. The number of hydrogen-bond donors (Lipinski definition) is 0. The third-order valence-corrected chi connectivity index (χ3v) is 2.93. The van der Waals surface area contributed by atoms with Crippen molar-refractivity contribution >= 4 is 11.7 Å². The Bertz CT molecular complexity index is 617. The predicted molar refractivity (Wildman–Crippen MR) is 68.5 cm³/mol. The van der Waals surface area contributed by atoms with Gasteiger partial charge in [-0.1, -0.05) is 47.6 Å². The van der Waals surface area contributed by atoms with Crippen molar-refractivity contribution < 1.29 is 9.63 Å². The Balaban J connectivity index is 1.72. The molecule has 0 aliphatic heterocycles. The van der Waals surface area contributed by atoms with Crippen LogP contribution in [0.2, 0.25) is 0 Å². The van der Waals surface area contributed by atoms with E-state index in [4.69, 9.17) is 4.84 Å². The number of carbonyl (C=O) groups excluding carboxylic acids is 1. The highest BCUT2D eigenvalue weighted by atomic mass is 16.7. The molecule has 0 atom stereocenters. The van der Waals surface area contributed by atoms with Crippen molar-refractivity contribution in [2.45, 2.75) is 6.42 Å². The van der Waals surface area contributed by atoms with E-state index in [1.165, 1.54) is 5.56 Å². The number of benzene rings is 2. The molecular weight excluding hydrogens is 226 g/mol. The Morgan fingerprint density at radius 2 is 1.72 bits per heavy atom. The second kappa shape index (κ2) is 4.45. The van der Waals surface area contributed by atoms with E-state index >= 15 is 0 Å². The fourth-order valence-corrected chi connectivity index (χ4v) is 1.93. The lowest BCUT2D eigenvalue weighted by Crippen LogP contribution is -2.20. The summed E-state index contributed by atoms with van der Waals surface area (Å²) in [6.07, 6.45) is 0.762. The average Bonchev–Trinajstić information content (AvgIpc) is 2.40. The van der Waals surface area contributed by atoms with Gasteiger partial charge in [-0.3, -0.25) is 0 Å². The average molecular weight is 237 g/mol. The zero-order chi connectivity index (χ0) is 12.4. The molecule has 0 amide bonds. The van der Waals surface area contributed by atoms with Crippen LogP contribution in [0.1, 0.15) is 21.5 Å². The second-order valence-electron chi connectivity index (χ2n) is 4.12. The normalized spacial score (nSPS) is 14.8. The third kappa shape index (κ3) is 1.91. The molecule has 3 nitrogen and oxygen atoms in total. The lowest BCUT2D eigenvalue weighted by atomic mass is 9.87. The molecule has 2 aromatic rings. The van der Waals surface area contributed by atoms with Crippen LogP contribution in [-0.2, 0) is 11.3 Å². The van der Waals surface area contributed by atoms with Gasteiger partial charge in [-0.25, -0.2) is 4.79 Å². The van der Waals surface area contributed by atoms with E-state index in [2.05, 4.69) is 5.16 Å². The van der Waals surface area contributed by atoms with E-state index < -0.39 is 5.97 Å². The van der Waals surface area contributed by atoms with Crippen LogP contribution in [0.3, 0.4) is 0 Å². The minimum absolute atomic E-state index is 0.424. The summed E-state index contributed by atoms with van der Waals surface area (Å²) in [7, 11) is 0. The first kappa shape index (κ1) is 10.7. The molecule has 0 fully saturated rings. The van der Waals surface area contributed by atoms with E-state index in [-0.39, 0.29) is 0 Å². The molecule has 0 radical (unpaired) electrons. The maximum Gasteiger partial charge on any atom is 0.365 e. The first-order chi connectivity index (χ1) is 8.84. The molecule has 1 aliphatic carbocycles. The van der Waals surface area contributed by atoms with Crippen molar-refractivity contribution in [1.82, 2.24) is 0 Å². The quantitative estimate of drug-likeness (QED) is 0.595. The standard InChI is InChI=1S/C15H11NO2/c17-15(11-6-2-1-3-7-11)18-16-14-10-12-8-4-5-9-13(12)14/h1-9H,10H2/b16-14+. The van der Waals surface area contributed by atoms with Gasteiger partial charge in [0.05, 0.1) is 11.3 Å². The van der Waals surface area contributed by atoms with Crippen molar-refractivity contribution in [1.29, 1.82) is 0 Å². The number of hydrogen-bond acceptors (Lipinski definition) is 3. The summed E-state index contributed by atoms with van der Waals surface area (Å²) < 4.78 is 0. The Morgan fingerprint density at radius 1 is 1.00 bits per heavy atom. The molecule has 1 aliphatic rings. The summed E-state index contributed by atoms with van der Waals surface area (Å²) in [5.41, 5.74) is 3.65. The Morgan fingerprint density at radius 3 is 2.50 bits per heavy atom. The van der Waals surface area contributed by atoms with Crippen molar-refractivity contribution in [2.75, 3.05) is 0 Å². The van der Waals surface area contributed by atoms with Crippen LogP contribution in [0.5, 0.6) is 0 Å². The summed E-state index contributed by atoms with van der Waals surface area (Å²) in [6.45, 7) is 0. The molecule has 3 rings (SSSR count). The van der Waals surface area contributed by atoms with Gasteiger partial charge in [-0.2, -0.15) is 0 Å². The number of carbonyl (C=O) groups is 1. The minimum atomic E-state index is -0.424. The van der Waals surface area contributed by atoms with Crippen molar-refractivity contribution in [2.24, 2.45) is 5.16 Å².